The second kappa shape index (κ2) is 4.25. The van der Waals surface area contributed by atoms with Gasteiger partial charge in [-0.1, -0.05) is 13.8 Å². The van der Waals surface area contributed by atoms with Gasteiger partial charge in [0, 0.05) is 32.7 Å². The van der Waals surface area contributed by atoms with Crippen molar-refractivity contribution in [3.8, 4) is 11.1 Å². The Labute approximate surface area is 102 Å². The topological polar surface area (TPSA) is 26.3 Å². The molecule has 0 aliphatic carbocycles. The van der Waals surface area contributed by atoms with E-state index in [1.54, 1.807) is 6.26 Å². The van der Waals surface area contributed by atoms with Gasteiger partial charge in [-0.05, 0) is 24.5 Å². The molecule has 2 aromatic rings. The van der Waals surface area contributed by atoms with E-state index < -0.39 is 0 Å². The molecule has 13 heavy (non-hydrogen) atoms. The summed E-state index contributed by atoms with van der Waals surface area (Å²) in [5.41, 5.74) is 2.92. The second-order valence-electron chi connectivity index (χ2n) is 2.70. The van der Waals surface area contributed by atoms with E-state index in [1.165, 1.54) is 0 Å². The predicted octanol–water partition coefficient (Wildman–Crippen LogP) is 2.75. The van der Waals surface area contributed by atoms with E-state index in [4.69, 9.17) is 8.83 Å². The van der Waals surface area contributed by atoms with Gasteiger partial charge in [0.05, 0.1) is 0 Å². The maximum absolute atomic E-state index is 5.13. The molecular weight excluding hydrogens is 241 g/mol. The molecule has 0 unspecified atom stereocenters. The van der Waals surface area contributed by atoms with E-state index in [-0.39, 0.29) is 32.7 Å². The number of hydrogen-bond acceptors (Lipinski definition) is 2. The summed E-state index contributed by atoms with van der Waals surface area (Å²) in [6, 6.07) is 1.84. The van der Waals surface area contributed by atoms with Crippen LogP contribution in [0, 0.1) is 26.4 Å². The zero-order chi connectivity index (χ0) is 8.55. The van der Waals surface area contributed by atoms with Crippen molar-refractivity contribution < 1.29 is 41.5 Å². The Bertz CT molecular complexity index is 374. The Hall–Kier alpha value is -0.336. The van der Waals surface area contributed by atoms with E-state index in [0.29, 0.717) is 0 Å². The van der Waals surface area contributed by atoms with Gasteiger partial charge in [-0.2, -0.15) is 22.8 Å². The molecule has 0 aliphatic heterocycles. The fraction of sp³-hybridized carbons (Fsp3) is 0.200. The minimum absolute atomic E-state index is 0. The minimum Gasteiger partial charge on any atom is -0.576 e. The van der Waals surface area contributed by atoms with Crippen LogP contribution < -0.4 is 0 Å². The largest absolute Gasteiger partial charge is 0.576 e. The predicted molar refractivity (Wildman–Crippen MR) is 43.6 cm³/mol. The van der Waals surface area contributed by atoms with Crippen LogP contribution in [-0.2, 0) is 32.7 Å². The Balaban J connectivity index is 0.000000845. The zero-order valence-corrected chi connectivity index (χ0v) is 10.4. The summed E-state index contributed by atoms with van der Waals surface area (Å²) in [7, 11) is 0. The van der Waals surface area contributed by atoms with Crippen LogP contribution in [0.2, 0.25) is 0 Å². The van der Waals surface area contributed by atoms with Gasteiger partial charge in [0.25, 0.3) is 0 Å². The van der Waals surface area contributed by atoms with Crippen LogP contribution in [0.5, 0.6) is 0 Å². The van der Waals surface area contributed by atoms with Crippen LogP contribution in [0.3, 0.4) is 0 Å². The number of hydrogen-bond donors (Lipinski definition) is 0. The summed E-state index contributed by atoms with van der Waals surface area (Å²) in [5, 5.41) is 0. The molecule has 2 heterocycles. The van der Waals surface area contributed by atoms with Crippen molar-refractivity contribution in [1.82, 2.24) is 0 Å². The molecule has 0 aromatic carbocycles. The summed E-state index contributed by atoms with van der Waals surface area (Å²) in [6.45, 7) is 3.90. The number of aryl methyl sites for hydroxylation is 1. The summed E-state index contributed by atoms with van der Waals surface area (Å²) < 4.78 is 9.98. The van der Waals surface area contributed by atoms with Gasteiger partial charge in [-0.25, -0.2) is 0 Å². The van der Waals surface area contributed by atoms with Gasteiger partial charge >= 0.3 is 0 Å². The van der Waals surface area contributed by atoms with Gasteiger partial charge in [0.1, 0.15) is 0 Å². The van der Waals surface area contributed by atoms with Gasteiger partial charge in [-0.3, -0.25) is 0 Å². The minimum atomic E-state index is 0. The third-order valence-electron chi connectivity index (χ3n) is 1.95. The smallest absolute Gasteiger partial charge is 0 e. The zero-order valence-electron chi connectivity index (χ0n) is 7.55. The molecule has 0 saturated carbocycles. The van der Waals surface area contributed by atoms with Gasteiger partial charge in [0.15, 0.2) is 0 Å². The van der Waals surface area contributed by atoms with Crippen molar-refractivity contribution in [2.45, 2.75) is 13.8 Å². The van der Waals surface area contributed by atoms with Crippen molar-refractivity contribution in [3.05, 3.63) is 36.2 Å². The molecule has 0 spiro atoms. The monoisotopic (exact) mass is 249 g/mol. The molecule has 0 fully saturated rings. The van der Waals surface area contributed by atoms with Crippen LogP contribution in [0.4, 0.5) is 0 Å². The molecule has 0 N–H and O–H groups in total. The quantitative estimate of drug-likeness (QED) is 0.726. The first-order chi connectivity index (χ1) is 5.79. The standard InChI is InChI=1S/C10H8O2.Y/c1-7-8(2)12-6-10(7)9-3-4-11-5-9;/h3-4H,1-2H3;/q-2;. The normalized spacial score (nSPS) is 9.69. The molecule has 65 valence electrons. The molecule has 0 saturated heterocycles. The summed E-state index contributed by atoms with van der Waals surface area (Å²) in [6.07, 6.45) is 7.14. The van der Waals surface area contributed by atoms with Crippen LogP contribution in [-0.4, -0.2) is 0 Å². The first-order valence-corrected chi connectivity index (χ1v) is 3.72. The fourth-order valence-electron chi connectivity index (χ4n) is 1.08. The summed E-state index contributed by atoms with van der Waals surface area (Å²) >= 11 is 0. The molecular formula is C10H8O2Y-2. The molecule has 3 heteroatoms. The third-order valence-corrected chi connectivity index (χ3v) is 1.95. The van der Waals surface area contributed by atoms with Gasteiger partial charge < -0.3 is 8.83 Å². The van der Waals surface area contributed by atoms with E-state index in [0.717, 1.165) is 22.5 Å². The third kappa shape index (κ3) is 1.95. The summed E-state index contributed by atoms with van der Waals surface area (Å²) in [4.78, 5) is 0. The van der Waals surface area contributed by atoms with Crippen molar-refractivity contribution in [1.29, 1.82) is 0 Å². The molecule has 0 atom stereocenters. The van der Waals surface area contributed by atoms with E-state index >= 15 is 0 Å². The Kier molecular flexibility index (Phi) is 3.51. The van der Waals surface area contributed by atoms with Crippen molar-refractivity contribution >= 4 is 0 Å². The molecule has 2 nitrogen and oxygen atoms in total. The number of furan rings is 2. The maximum Gasteiger partial charge on any atom is 0 e. The van der Waals surface area contributed by atoms with Crippen LogP contribution in [0.15, 0.2) is 21.2 Å². The average Bonchev–Trinajstić information content (AvgIpc) is 2.64. The molecule has 0 amide bonds. The Morgan fingerprint density at radius 2 is 2.00 bits per heavy atom. The Morgan fingerprint density at radius 3 is 2.46 bits per heavy atom. The molecule has 1 radical (unpaired) electrons. The van der Waals surface area contributed by atoms with Crippen molar-refractivity contribution in [2.75, 3.05) is 0 Å². The van der Waals surface area contributed by atoms with Crippen LogP contribution >= 0.6 is 0 Å². The number of rotatable bonds is 1. The summed E-state index contributed by atoms with van der Waals surface area (Å²) in [5.74, 6) is 0.889. The fourth-order valence-corrected chi connectivity index (χ4v) is 1.08. The van der Waals surface area contributed by atoms with Crippen LogP contribution in [0.25, 0.3) is 11.1 Å². The van der Waals surface area contributed by atoms with Gasteiger partial charge in [0.2, 0.25) is 0 Å². The van der Waals surface area contributed by atoms with E-state index in [1.807, 2.05) is 19.9 Å². The molecule has 2 aromatic heterocycles. The molecule has 0 aliphatic rings. The molecule has 2 rings (SSSR count). The first-order valence-electron chi connectivity index (χ1n) is 3.72. The van der Waals surface area contributed by atoms with Crippen molar-refractivity contribution in [3.63, 3.8) is 0 Å². The first kappa shape index (κ1) is 10.7. The van der Waals surface area contributed by atoms with E-state index in [2.05, 4.69) is 12.5 Å². The second-order valence-corrected chi connectivity index (χ2v) is 2.70. The SMILES string of the molecule is Cc1o[c-]c(-c2[c-]occ2)c1C.[Y]. The van der Waals surface area contributed by atoms with Crippen molar-refractivity contribution in [2.24, 2.45) is 0 Å². The maximum atomic E-state index is 5.13. The molecule has 0 bridgehead atoms. The van der Waals surface area contributed by atoms with E-state index in [9.17, 15) is 0 Å². The van der Waals surface area contributed by atoms with Crippen LogP contribution in [0.1, 0.15) is 11.3 Å². The Morgan fingerprint density at radius 1 is 1.23 bits per heavy atom. The average molecular weight is 249 g/mol. The van der Waals surface area contributed by atoms with Gasteiger partial charge in [-0.15, -0.1) is 0 Å².